The van der Waals surface area contributed by atoms with Gasteiger partial charge in [-0.25, -0.2) is 0 Å². The Hall–Kier alpha value is -2.63. The van der Waals surface area contributed by atoms with Gasteiger partial charge >= 0.3 is 17.9 Å². The van der Waals surface area contributed by atoms with Crippen LogP contribution in [-0.2, 0) is 28.6 Å². The van der Waals surface area contributed by atoms with E-state index in [1.807, 2.05) is 0 Å². The van der Waals surface area contributed by atoms with Crippen molar-refractivity contribution in [3.05, 3.63) is 48.6 Å². The zero-order valence-electron chi connectivity index (χ0n) is 49.6. The van der Waals surface area contributed by atoms with Crippen molar-refractivity contribution in [3.8, 4) is 0 Å². The summed E-state index contributed by atoms with van der Waals surface area (Å²) in [5, 5.41) is 0. The average Bonchev–Trinajstić information content (AvgIpc) is 3.40. The summed E-state index contributed by atoms with van der Waals surface area (Å²) >= 11 is 0. The third-order valence-corrected chi connectivity index (χ3v) is 14.6. The Morgan fingerprint density at radius 1 is 0.284 bits per heavy atom. The van der Waals surface area contributed by atoms with E-state index >= 15 is 0 Å². The summed E-state index contributed by atoms with van der Waals surface area (Å²) < 4.78 is 16.9. The van der Waals surface area contributed by atoms with Gasteiger partial charge in [-0.15, -0.1) is 0 Å². The molecule has 0 saturated carbocycles. The second-order valence-electron chi connectivity index (χ2n) is 22.0. The van der Waals surface area contributed by atoms with Crippen molar-refractivity contribution in [2.45, 2.75) is 354 Å². The third kappa shape index (κ3) is 60.2. The van der Waals surface area contributed by atoms with E-state index in [0.29, 0.717) is 19.3 Å². The first-order valence-corrected chi connectivity index (χ1v) is 32.6. The molecule has 0 aromatic heterocycles. The maximum atomic E-state index is 12.8. The van der Waals surface area contributed by atoms with Gasteiger partial charge in [0.05, 0.1) is 0 Å². The molecule has 0 fully saturated rings. The summed E-state index contributed by atoms with van der Waals surface area (Å²) in [7, 11) is 0. The molecule has 6 nitrogen and oxygen atoms in total. The largest absolute Gasteiger partial charge is 0.462 e. The predicted molar refractivity (Wildman–Crippen MR) is 321 cm³/mol. The Morgan fingerprint density at radius 2 is 0.527 bits per heavy atom. The number of rotatable bonds is 60. The Morgan fingerprint density at radius 3 is 0.824 bits per heavy atom. The molecule has 0 rings (SSSR count). The fourth-order valence-electron chi connectivity index (χ4n) is 9.73. The van der Waals surface area contributed by atoms with Gasteiger partial charge < -0.3 is 14.2 Å². The van der Waals surface area contributed by atoms with Crippen LogP contribution < -0.4 is 0 Å². The Labute approximate surface area is 460 Å². The van der Waals surface area contributed by atoms with E-state index in [4.69, 9.17) is 14.2 Å². The van der Waals surface area contributed by atoms with Crippen molar-refractivity contribution >= 4 is 17.9 Å². The van der Waals surface area contributed by atoms with Crippen LogP contribution in [0.2, 0.25) is 0 Å². The van der Waals surface area contributed by atoms with Crippen molar-refractivity contribution in [1.82, 2.24) is 0 Å². The van der Waals surface area contributed by atoms with E-state index in [9.17, 15) is 14.4 Å². The van der Waals surface area contributed by atoms with Crippen molar-refractivity contribution in [1.29, 1.82) is 0 Å². The SMILES string of the molecule is CC/C=C\C/C=C\C/C=C\C/C=C\CCCCCCCCCCCCCCCCCCCCCCC(=O)OCC(COC(=O)CCCCCCCCCCCC)OC(=O)CCCCCCCCCCCCCCC. The highest BCUT2D eigenvalue weighted by Gasteiger charge is 2.19. The van der Waals surface area contributed by atoms with Gasteiger partial charge in [-0.05, 0) is 57.8 Å². The van der Waals surface area contributed by atoms with E-state index in [1.54, 1.807) is 0 Å². The van der Waals surface area contributed by atoms with E-state index in [-0.39, 0.29) is 31.1 Å². The second kappa shape index (κ2) is 62.9. The topological polar surface area (TPSA) is 78.9 Å². The Bertz CT molecular complexity index is 1280. The van der Waals surface area contributed by atoms with E-state index in [1.165, 1.54) is 225 Å². The zero-order valence-corrected chi connectivity index (χ0v) is 49.6. The monoisotopic (exact) mass is 1040 g/mol. The fourth-order valence-corrected chi connectivity index (χ4v) is 9.73. The molecule has 6 heteroatoms. The average molecular weight is 1040 g/mol. The van der Waals surface area contributed by atoms with Gasteiger partial charge in [0.1, 0.15) is 13.2 Å². The molecule has 0 bridgehead atoms. The molecule has 0 amide bonds. The van der Waals surface area contributed by atoms with Gasteiger partial charge in [0, 0.05) is 19.3 Å². The van der Waals surface area contributed by atoms with Crippen LogP contribution in [0.5, 0.6) is 0 Å². The molecule has 0 saturated heterocycles. The lowest BCUT2D eigenvalue weighted by Crippen LogP contribution is -2.30. The van der Waals surface area contributed by atoms with Crippen molar-refractivity contribution in [2.24, 2.45) is 0 Å². The molecule has 1 unspecified atom stereocenters. The molecule has 0 N–H and O–H groups in total. The minimum atomic E-state index is -0.765. The summed E-state index contributed by atoms with van der Waals surface area (Å²) in [6.45, 7) is 6.56. The van der Waals surface area contributed by atoms with Gasteiger partial charge in [-0.2, -0.15) is 0 Å². The quantitative estimate of drug-likeness (QED) is 0.0261. The van der Waals surface area contributed by atoms with Crippen LogP contribution in [0.3, 0.4) is 0 Å². The van der Waals surface area contributed by atoms with Crippen LogP contribution in [0.15, 0.2) is 48.6 Å². The number of carbonyl (C=O) groups is 3. The molecule has 432 valence electrons. The minimum Gasteiger partial charge on any atom is -0.462 e. The molecule has 0 aliphatic carbocycles. The minimum absolute atomic E-state index is 0.0654. The van der Waals surface area contributed by atoms with Gasteiger partial charge in [0.15, 0.2) is 6.10 Å². The molecule has 74 heavy (non-hydrogen) atoms. The first-order valence-electron chi connectivity index (χ1n) is 32.6. The van der Waals surface area contributed by atoms with Crippen LogP contribution >= 0.6 is 0 Å². The molecule has 0 radical (unpaired) electrons. The molecule has 0 spiro atoms. The molecule has 0 heterocycles. The standard InChI is InChI=1S/C68H124O6/c1-4-7-10-13-16-19-22-24-25-26-27-28-29-30-31-32-33-34-35-36-37-38-39-40-41-42-43-45-46-49-52-55-58-61-67(70)73-64-65(63-72-66(69)60-57-54-51-48-21-18-15-12-9-6-3)74-68(71)62-59-56-53-50-47-44-23-20-17-14-11-8-5-2/h7,10,16,19,24-25,27-28,65H,4-6,8-9,11-15,17-18,20-23,26,29-64H2,1-3H3/b10-7-,19-16-,25-24-,28-27-. The van der Waals surface area contributed by atoms with Crippen molar-refractivity contribution in [3.63, 3.8) is 0 Å². The Kier molecular flexibility index (Phi) is 60.7. The predicted octanol–water partition coefficient (Wildman–Crippen LogP) is 22.2. The van der Waals surface area contributed by atoms with E-state index in [2.05, 4.69) is 69.4 Å². The van der Waals surface area contributed by atoms with Crippen LogP contribution in [0.25, 0.3) is 0 Å². The number of ether oxygens (including phenoxy) is 3. The Balaban J connectivity index is 4.01. The highest BCUT2D eigenvalue weighted by molar-refractivity contribution is 5.71. The maximum absolute atomic E-state index is 12.8. The molecular formula is C68H124O6. The normalized spacial score (nSPS) is 12.3. The summed E-state index contributed by atoms with van der Waals surface area (Å²) in [4.78, 5) is 38.1. The lowest BCUT2D eigenvalue weighted by atomic mass is 10.0. The lowest BCUT2D eigenvalue weighted by Gasteiger charge is -2.18. The molecule has 1 atom stereocenters. The number of carbonyl (C=O) groups excluding carboxylic acids is 3. The van der Waals surface area contributed by atoms with Gasteiger partial charge in [-0.1, -0.05) is 320 Å². The summed E-state index contributed by atoms with van der Waals surface area (Å²) in [6.07, 6.45) is 78.6. The number of hydrogen-bond donors (Lipinski definition) is 0. The smallest absolute Gasteiger partial charge is 0.306 e. The van der Waals surface area contributed by atoms with E-state index < -0.39 is 6.10 Å². The van der Waals surface area contributed by atoms with Crippen LogP contribution in [-0.4, -0.2) is 37.2 Å². The molecule has 0 aromatic carbocycles. The number of esters is 3. The molecule has 0 aliphatic rings. The first kappa shape index (κ1) is 71.4. The highest BCUT2D eigenvalue weighted by Crippen LogP contribution is 2.18. The van der Waals surface area contributed by atoms with Gasteiger partial charge in [-0.3, -0.25) is 14.4 Å². The summed E-state index contributed by atoms with van der Waals surface area (Å²) in [6, 6.07) is 0. The van der Waals surface area contributed by atoms with Crippen molar-refractivity contribution < 1.29 is 28.6 Å². The first-order chi connectivity index (χ1) is 36.5. The van der Waals surface area contributed by atoms with Gasteiger partial charge in [0.2, 0.25) is 0 Å². The summed E-state index contributed by atoms with van der Waals surface area (Å²) in [5.74, 6) is -0.844. The third-order valence-electron chi connectivity index (χ3n) is 14.6. The van der Waals surface area contributed by atoms with E-state index in [0.717, 1.165) is 83.5 Å². The molecule has 0 aromatic rings. The number of unbranched alkanes of at least 4 members (excludes halogenated alkanes) is 41. The molecular weight excluding hydrogens is 913 g/mol. The number of hydrogen-bond acceptors (Lipinski definition) is 6. The fraction of sp³-hybridized carbons (Fsp3) is 0.838. The maximum Gasteiger partial charge on any atom is 0.306 e. The summed E-state index contributed by atoms with van der Waals surface area (Å²) in [5.41, 5.74) is 0. The van der Waals surface area contributed by atoms with Gasteiger partial charge in [0.25, 0.3) is 0 Å². The van der Waals surface area contributed by atoms with Crippen LogP contribution in [0, 0.1) is 0 Å². The lowest BCUT2D eigenvalue weighted by molar-refractivity contribution is -0.167. The van der Waals surface area contributed by atoms with Crippen molar-refractivity contribution in [2.75, 3.05) is 13.2 Å². The van der Waals surface area contributed by atoms with Crippen LogP contribution in [0.1, 0.15) is 348 Å². The zero-order chi connectivity index (χ0) is 53.6. The number of allylic oxidation sites excluding steroid dienone is 8. The molecule has 0 aliphatic heterocycles. The highest BCUT2D eigenvalue weighted by atomic mass is 16.6. The second-order valence-corrected chi connectivity index (χ2v) is 22.0. The van der Waals surface area contributed by atoms with Crippen LogP contribution in [0.4, 0.5) is 0 Å².